The molecule has 1 aromatic heterocycles. The van der Waals surface area contributed by atoms with Crippen LogP contribution in [0, 0.1) is 11.3 Å². The van der Waals surface area contributed by atoms with E-state index in [4.69, 9.17) is 15.6 Å². The number of benzene rings is 2. The first-order chi connectivity index (χ1) is 20.9. The maximum Gasteiger partial charge on any atom is 0.490 e. The molecule has 1 fully saturated rings. The first kappa shape index (κ1) is 35.4. The monoisotopic (exact) mass is 660 g/mol. The zero-order valence-electron chi connectivity index (χ0n) is 23.9. The number of carboxylic acids is 1. The summed E-state index contributed by atoms with van der Waals surface area (Å²) in [5.41, 5.74) is 9.60. The second kappa shape index (κ2) is 13.9. The van der Waals surface area contributed by atoms with Crippen LogP contribution in [0.25, 0.3) is 22.0 Å². The van der Waals surface area contributed by atoms with Crippen molar-refractivity contribution in [3.05, 3.63) is 58.8 Å². The topological polar surface area (TPSA) is 157 Å². The number of H-pyrrole nitrogens is 1. The summed E-state index contributed by atoms with van der Waals surface area (Å²) in [5.74, 6) is -3.29. The van der Waals surface area contributed by atoms with E-state index < -0.39 is 40.7 Å². The van der Waals surface area contributed by atoms with Crippen molar-refractivity contribution in [1.29, 1.82) is 5.26 Å². The van der Waals surface area contributed by atoms with Crippen molar-refractivity contribution in [1.82, 2.24) is 9.29 Å². The Morgan fingerprint density at radius 3 is 2.18 bits per heavy atom. The van der Waals surface area contributed by atoms with Gasteiger partial charge in [0, 0.05) is 31.1 Å². The van der Waals surface area contributed by atoms with Gasteiger partial charge in [-0.3, -0.25) is 4.79 Å². The number of hydrogen-bond donors (Lipinski definition) is 3. The molecule has 1 aliphatic heterocycles. The Kier molecular flexibility index (Phi) is 10.9. The summed E-state index contributed by atoms with van der Waals surface area (Å²) in [7, 11) is -3.27. The van der Waals surface area contributed by atoms with Crippen molar-refractivity contribution in [3.63, 3.8) is 0 Å². The molecule has 45 heavy (non-hydrogen) atoms. The van der Waals surface area contributed by atoms with Crippen LogP contribution in [0.1, 0.15) is 65.6 Å². The van der Waals surface area contributed by atoms with Crippen LogP contribution in [0.15, 0.2) is 36.5 Å². The van der Waals surface area contributed by atoms with Crippen molar-refractivity contribution in [2.45, 2.75) is 57.3 Å². The first-order valence-corrected chi connectivity index (χ1v) is 15.3. The van der Waals surface area contributed by atoms with Crippen LogP contribution < -0.4 is 5.73 Å². The Bertz CT molecular complexity index is 1700. The average molecular weight is 661 g/mol. The Balaban J connectivity index is 0.000000707. The number of amides is 1. The third-order valence-electron chi connectivity index (χ3n) is 7.36. The average Bonchev–Trinajstić information content (AvgIpc) is 3.39. The number of halogens is 6. The molecular formula is C29H30F6N4O5S. The van der Waals surface area contributed by atoms with Gasteiger partial charge in [-0.2, -0.15) is 31.6 Å². The van der Waals surface area contributed by atoms with E-state index in [1.807, 2.05) is 12.3 Å². The quantitative estimate of drug-likeness (QED) is 0.257. The first-order valence-electron chi connectivity index (χ1n) is 13.7. The molecule has 9 nitrogen and oxygen atoms in total. The Labute approximate surface area is 254 Å². The van der Waals surface area contributed by atoms with E-state index in [9.17, 15) is 44.8 Å². The van der Waals surface area contributed by atoms with Gasteiger partial charge in [-0.05, 0) is 85.0 Å². The molecule has 0 radical (unpaired) electrons. The van der Waals surface area contributed by atoms with Crippen LogP contribution in [0.2, 0.25) is 0 Å². The minimum Gasteiger partial charge on any atom is -0.475 e. The number of carboxylic acid groups (broad SMARTS) is 1. The lowest BCUT2D eigenvalue weighted by Gasteiger charge is -2.31. The maximum atomic E-state index is 12.6. The predicted molar refractivity (Wildman–Crippen MR) is 153 cm³/mol. The third kappa shape index (κ3) is 9.21. The van der Waals surface area contributed by atoms with E-state index in [1.54, 1.807) is 31.2 Å². The van der Waals surface area contributed by atoms with E-state index >= 15 is 0 Å². The molecule has 1 aliphatic rings. The highest BCUT2D eigenvalue weighted by Gasteiger charge is 2.38. The Morgan fingerprint density at radius 2 is 1.67 bits per heavy atom. The van der Waals surface area contributed by atoms with Gasteiger partial charge in [0.05, 0.1) is 28.5 Å². The number of fused-ring (bicyclic) bond motifs is 1. The summed E-state index contributed by atoms with van der Waals surface area (Å²) < 4.78 is 95.7. The molecular weight excluding hydrogens is 630 g/mol. The minimum atomic E-state index is -5.08. The molecule has 0 bridgehead atoms. The fourth-order valence-corrected chi connectivity index (χ4v) is 6.27. The maximum absolute atomic E-state index is 12.6. The third-order valence-corrected chi connectivity index (χ3v) is 9.24. The SMILES string of the molecule is CCS(=O)(=O)N1CCC(c2c[nH]c3c(C(N)=O)cc(-c4cc(C#N)cc(CCCC(F)(F)F)c4)cc23)CC1.O=C(O)C(F)(F)F. The number of rotatable bonds is 8. The van der Waals surface area contributed by atoms with Gasteiger partial charge in [-0.15, -0.1) is 0 Å². The highest BCUT2D eigenvalue weighted by molar-refractivity contribution is 7.89. The van der Waals surface area contributed by atoms with E-state index in [1.165, 1.54) is 4.31 Å². The van der Waals surface area contributed by atoms with Gasteiger partial charge >= 0.3 is 18.3 Å². The molecule has 0 unspecified atom stereocenters. The lowest BCUT2D eigenvalue weighted by Crippen LogP contribution is -2.38. The van der Waals surface area contributed by atoms with Crippen LogP contribution in [0.3, 0.4) is 0 Å². The number of sulfonamides is 1. The lowest BCUT2D eigenvalue weighted by atomic mass is 9.88. The van der Waals surface area contributed by atoms with Gasteiger partial charge in [0.25, 0.3) is 5.91 Å². The number of aliphatic carboxylic acids is 1. The molecule has 0 saturated carbocycles. The molecule has 3 aromatic rings. The number of nitrogens with two attached hydrogens (primary N) is 1. The highest BCUT2D eigenvalue weighted by atomic mass is 32.2. The van der Waals surface area contributed by atoms with Crippen molar-refractivity contribution < 1.29 is 49.5 Å². The van der Waals surface area contributed by atoms with Crippen molar-refractivity contribution in [3.8, 4) is 17.2 Å². The lowest BCUT2D eigenvalue weighted by molar-refractivity contribution is -0.192. The number of piperidine rings is 1. The number of carbonyl (C=O) groups is 2. The zero-order chi connectivity index (χ0) is 33.7. The second-order valence-electron chi connectivity index (χ2n) is 10.4. The molecule has 2 heterocycles. The Hall–Kier alpha value is -4.10. The predicted octanol–water partition coefficient (Wildman–Crippen LogP) is 5.85. The van der Waals surface area contributed by atoms with Crippen molar-refractivity contribution >= 4 is 32.8 Å². The normalized spacial score (nSPS) is 14.9. The number of nitrogens with zero attached hydrogens (tertiary/aromatic N) is 2. The number of aromatic amines is 1. The van der Waals surface area contributed by atoms with E-state index in [-0.39, 0.29) is 30.1 Å². The molecule has 0 atom stereocenters. The number of nitriles is 1. The molecule has 1 saturated heterocycles. The van der Waals surface area contributed by atoms with Crippen LogP contribution in [-0.2, 0) is 21.2 Å². The smallest absolute Gasteiger partial charge is 0.475 e. The van der Waals surface area contributed by atoms with Gasteiger partial charge in [0.1, 0.15) is 0 Å². The number of alkyl halides is 6. The van der Waals surface area contributed by atoms with Gasteiger partial charge < -0.3 is 15.8 Å². The summed E-state index contributed by atoms with van der Waals surface area (Å²) in [6, 6.07) is 10.5. The van der Waals surface area contributed by atoms with E-state index in [0.717, 1.165) is 10.9 Å². The molecule has 1 amide bonds. The highest BCUT2D eigenvalue weighted by Crippen LogP contribution is 2.37. The van der Waals surface area contributed by atoms with Gasteiger partial charge in [-0.1, -0.05) is 6.07 Å². The van der Waals surface area contributed by atoms with Crippen molar-refractivity contribution in [2.75, 3.05) is 18.8 Å². The molecule has 16 heteroatoms. The largest absolute Gasteiger partial charge is 0.490 e. The Morgan fingerprint density at radius 1 is 1.07 bits per heavy atom. The fraction of sp³-hybridized carbons (Fsp3) is 0.414. The molecule has 4 rings (SSSR count). The molecule has 0 aliphatic carbocycles. The minimum absolute atomic E-state index is 0.0516. The van der Waals surface area contributed by atoms with E-state index in [0.29, 0.717) is 53.7 Å². The van der Waals surface area contributed by atoms with Gasteiger partial charge in [-0.25, -0.2) is 17.5 Å². The van der Waals surface area contributed by atoms with Gasteiger partial charge in [0.15, 0.2) is 0 Å². The van der Waals surface area contributed by atoms with Gasteiger partial charge in [0.2, 0.25) is 10.0 Å². The standard InChI is InChI=1S/C27H29F3N4O3S.C2HF3O2/c1-2-38(36,37)34-8-5-19(6-9-34)24-16-33-25-22(24)13-21(14-23(25)26(32)35)20-11-17(10-18(12-20)15-31)4-3-7-27(28,29)30;3-2(4,5)1(6)7/h10-14,16,19,33H,2-9H2,1H3,(H2,32,35);(H,6,7). The van der Waals surface area contributed by atoms with Crippen LogP contribution in [0.5, 0.6) is 0 Å². The molecule has 4 N–H and O–H groups in total. The number of aryl methyl sites for hydroxylation is 1. The number of carbonyl (C=O) groups excluding carboxylic acids is 1. The summed E-state index contributed by atoms with van der Waals surface area (Å²) in [4.78, 5) is 24.4. The summed E-state index contributed by atoms with van der Waals surface area (Å²) in [6.07, 6.45) is -7.13. The fourth-order valence-electron chi connectivity index (χ4n) is 5.14. The number of hydrogen-bond acceptors (Lipinski definition) is 5. The van der Waals surface area contributed by atoms with Crippen molar-refractivity contribution in [2.24, 2.45) is 5.73 Å². The molecule has 2 aromatic carbocycles. The summed E-state index contributed by atoms with van der Waals surface area (Å²) >= 11 is 0. The zero-order valence-corrected chi connectivity index (χ0v) is 24.7. The van der Waals surface area contributed by atoms with Crippen LogP contribution in [0.4, 0.5) is 26.3 Å². The second-order valence-corrected chi connectivity index (χ2v) is 12.7. The summed E-state index contributed by atoms with van der Waals surface area (Å²) in [6.45, 7) is 2.43. The number of nitrogens with one attached hydrogen (secondary N) is 1. The summed E-state index contributed by atoms with van der Waals surface area (Å²) in [5, 5.41) is 17.4. The molecule has 244 valence electrons. The molecule has 0 spiro atoms. The number of aromatic nitrogens is 1. The van der Waals surface area contributed by atoms with Crippen LogP contribution in [-0.4, -0.2) is 65.9 Å². The number of primary amides is 1. The van der Waals surface area contributed by atoms with E-state index in [2.05, 4.69) is 11.1 Å². The van der Waals surface area contributed by atoms with Crippen LogP contribution >= 0.6 is 0 Å².